The Morgan fingerprint density at radius 2 is 2.35 bits per heavy atom. The molecule has 17 heavy (non-hydrogen) atoms. The van der Waals surface area contributed by atoms with Crippen molar-refractivity contribution in [2.45, 2.75) is 26.7 Å². The highest BCUT2D eigenvalue weighted by atomic mass is 16.4. The zero-order chi connectivity index (χ0) is 12.5. The van der Waals surface area contributed by atoms with Gasteiger partial charge in [0.1, 0.15) is 0 Å². The molecule has 1 saturated heterocycles. The van der Waals surface area contributed by atoms with E-state index in [2.05, 4.69) is 9.88 Å². The fourth-order valence-electron chi connectivity index (χ4n) is 2.36. The smallest absolute Gasteiger partial charge is 0.311 e. The van der Waals surface area contributed by atoms with Crippen LogP contribution in [-0.2, 0) is 4.79 Å². The molecule has 0 bridgehead atoms. The second-order valence-electron chi connectivity index (χ2n) is 5.05. The monoisotopic (exact) mass is 234 g/mol. The number of aliphatic carboxylic acids is 1. The first-order valence-corrected chi connectivity index (χ1v) is 5.92. The Morgan fingerprint density at radius 3 is 3.00 bits per heavy atom. The number of hydrogen-bond donors (Lipinski definition) is 1. The van der Waals surface area contributed by atoms with E-state index in [9.17, 15) is 9.90 Å². The Hall–Kier alpha value is -1.58. The molecule has 0 spiro atoms. The lowest BCUT2D eigenvalue weighted by Crippen LogP contribution is -2.46. The Balaban J connectivity index is 2.20. The normalized spacial score (nSPS) is 24.7. The lowest BCUT2D eigenvalue weighted by atomic mass is 9.82. The second-order valence-corrected chi connectivity index (χ2v) is 5.05. The maximum Gasteiger partial charge on any atom is 0.311 e. The number of rotatable bonds is 2. The summed E-state index contributed by atoms with van der Waals surface area (Å²) in [6.45, 7) is 5.28. The fraction of sp³-hybridized carbons (Fsp3) is 0.538. The van der Waals surface area contributed by atoms with Gasteiger partial charge in [-0.3, -0.25) is 9.78 Å². The molecule has 92 valence electrons. The van der Waals surface area contributed by atoms with Gasteiger partial charge in [-0.15, -0.1) is 0 Å². The summed E-state index contributed by atoms with van der Waals surface area (Å²) in [5, 5.41) is 9.28. The van der Waals surface area contributed by atoms with E-state index in [1.807, 2.05) is 26.0 Å². The first kappa shape index (κ1) is 11.9. The second kappa shape index (κ2) is 4.35. The van der Waals surface area contributed by atoms with E-state index < -0.39 is 11.4 Å². The van der Waals surface area contributed by atoms with Gasteiger partial charge in [-0.25, -0.2) is 0 Å². The standard InChI is InChI=1S/C13H18N2O2/c1-10-8-11(4-6-14-10)15-7-3-5-13(2,9-15)12(16)17/h4,6,8H,3,5,7,9H2,1-2H3,(H,16,17). The fourth-order valence-corrected chi connectivity index (χ4v) is 2.36. The number of piperidine rings is 1. The van der Waals surface area contributed by atoms with E-state index in [0.717, 1.165) is 30.8 Å². The quantitative estimate of drug-likeness (QED) is 0.851. The van der Waals surface area contributed by atoms with E-state index in [1.54, 1.807) is 6.20 Å². The number of nitrogens with zero attached hydrogens (tertiary/aromatic N) is 2. The van der Waals surface area contributed by atoms with Gasteiger partial charge in [0.05, 0.1) is 5.41 Å². The molecule has 2 heterocycles. The van der Waals surface area contributed by atoms with Crippen molar-refractivity contribution in [3.05, 3.63) is 24.0 Å². The van der Waals surface area contributed by atoms with Crippen molar-refractivity contribution < 1.29 is 9.90 Å². The van der Waals surface area contributed by atoms with Crippen molar-refractivity contribution in [3.8, 4) is 0 Å². The van der Waals surface area contributed by atoms with Crippen LogP contribution in [-0.4, -0.2) is 29.1 Å². The molecular formula is C13H18N2O2. The third-order valence-corrected chi connectivity index (χ3v) is 3.46. The lowest BCUT2D eigenvalue weighted by Gasteiger charge is -2.38. The molecule has 1 aromatic heterocycles. The Morgan fingerprint density at radius 1 is 1.59 bits per heavy atom. The molecule has 1 aromatic rings. The molecule has 0 saturated carbocycles. The molecule has 1 unspecified atom stereocenters. The molecule has 4 heteroatoms. The van der Waals surface area contributed by atoms with Crippen LogP contribution < -0.4 is 4.90 Å². The highest BCUT2D eigenvalue weighted by molar-refractivity contribution is 5.75. The van der Waals surface area contributed by atoms with Crippen molar-refractivity contribution in [2.75, 3.05) is 18.0 Å². The molecule has 1 aliphatic heterocycles. The van der Waals surface area contributed by atoms with Crippen LogP contribution in [0.4, 0.5) is 5.69 Å². The first-order valence-electron chi connectivity index (χ1n) is 5.92. The number of hydrogen-bond acceptors (Lipinski definition) is 3. The summed E-state index contributed by atoms with van der Waals surface area (Å²) in [6.07, 6.45) is 3.45. The van der Waals surface area contributed by atoms with Gasteiger partial charge in [-0.05, 0) is 38.8 Å². The minimum atomic E-state index is -0.701. The number of carboxylic acid groups (broad SMARTS) is 1. The largest absolute Gasteiger partial charge is 0.481 e. The van der Waals surface area contributed by atoms with Crippen LogP contribution in [0.1, 0.15) is 25.5 Å². The van der Waals surface area contributed by atoms with Gasteiger partial charge in [0.25, 0.3) is 0 Å². The summed E-state index contributed by atoms with van der Waals surface area (Å²) in [5.41, 5.74) is 1.41. The molecule has 1 aliphatic rings. The number of aromatic nitrogens is 1. The first-order chi connectivity index (χ1) is 8.01. The number of aryl methyl sites for hydroxylation is 1. The lowest BCUT2D eigenvalue weighted by molar-refractivity contribution is -0.148. The van der Waals surface area contributed by atoms with Crippen molar-refractivity contribution in [1.82, 2.24) is 4.98 Å². The summed E-state index contributed by atoms with van der Waals surface area (Å²) in [7, 11) is 0. The Bertz CT molecular complexity index is 433. The van der Waals surface area contributed by atoms with Crippen LogP contribution in [0.25, 0.3) is 0 Å². The minimum Gasteiger partial charge on any atom is -0.481 e. The molecule has 1 atom stereocenters. The highest BCUT2D eigenvalue weighted by Gasteiger charge is 2.37. The minimum absolute atomic E-state index is 0.575. The summed E-state index contributed by atoms with van der Waals surface area (Å²) in [5.74, 6) is -0.701. The van der Waals surface area contributed by atoms with E-state index in [0.29, 0.717) is 6.54 Å². The predicted octanol–water partition coefficient (Wildman–Crippen LogP) is 2.08. The maximum atomic E-state index is 11.3. The van der Waals surface area contributed by atoms with Crippen LogP contribution in [0.2, 0.25) is 0 Å². The molecule has 0 radical (unpaired) electrons. The van der Waals surface area contributed by atoms with Crippen LogP contribution in [0.5, 0.6) is 0 Å². The van der Waals surface area contributed by atoms with Gasteiger partial charge in [0.2, 0.25) is 0 Å². The van der Waals surface area contributed by atoms with Crippen molar-refractivity contribution in [3.63, 3.8) is 0 Å². The zero-order valence-electron chi connectivity index (χ0n) is 10.3. The van der Waals surface area contributed by atoms with Gasteiger partial charge < -0.3 is 10.0 Å². The summed E-state index contributed by atoms with van der Waals surface area (Å²) in [6, 6.07) is 3.95. The molecule has 2 rings (SSSR count). The summed E-state index contributed by atoms with van der Waals surface area (Å²) >= 11 is 0. The van der Waals surface area contributed by atoms with E-state index in [4.69, 9.17) is 0 Å². The van der Waals surface area contributed by atoms with Gasteiger partial charge >= 0.3 is 5.97 Å². The van der Waals surface area contributed by atoms with Crippen molar-refractivity contribution >= 4 is 11.7 Å². The molecule has 0 aromatic carbocycles. The predicted molar refractivity (Wildman–Crippen MR) is 66.2 cm³/mol. The summed E-state index contributed by atoms with van der Waals surface area (Å²) in [4.78, 5) is 17.6. The third kappa shape index (κ3) is 2.40. The molecule has 1 N–H and O–H groups in total. The van der Waals surface area contributed by atoms with Crippen LogP contribution in [0.15, 0.2) is 18.3 Å². The average Bonchev–Trinajstić information content (AvgIpc) is 2.29. The van der Waals surface area contributed by atoms with Crippen LogP contribution in [0, 0.1) is 12.3 Å². The Kier molecular flexibility index (Phi) is 3.05. The number of pyridine rings is 1. The number of anilines is 1. The van der Waals surface area contributed by atoms with Gasteiger partial charge in [-0.1, -0.05) is 0 Å². The number of carbonyl (C=O) groups is 1. The van der Waals surface area contributed by atoms with E-state index in [-0.39, 0.29) is 0 Å². The molecule has 0 aliphatic carbocycles. The third-order valence-electron chi connectivity index (χ3n) is 3.46. The SMILES string of the molecule is Cc1cc(N2CCCC(C)(C(=O)O)C2)ccn1. The van der Waals surface area contributed by atoms with Gasteiger partial charge in [0.15, 0.2) is 0 Å². The number of carboxylic acids is 1. The molecule has 0 amide bonds. The van der Waals surface area contributed by atoms with Gasteiger partial charge in [0, 0.05) is 30.7 Å². The zero-order valence-corrected chi connectivity index (χ0v) is 10.3. The van der Waals surface area contributed by atoms with Gasteiger partial charge in [-0.2, -0.15) is 0 Å². The molecular weight excluding hydrogens is 216 g/mol. The van der Waals surface area contributed by atoms with Crippen LogP contribution in [0.3, 0.4) is 0 Å². The molecule has 4 nitrogen and oxygen atoms in total. The average molecular weight is 234 g/mol. The summed E-state index contributed by atoms with van der Waals surface area (Å²) < 4.78 is 0. The molecule has 1 fully saturated rings. The van der Waals surface area contributed by atoms with E-state index in [1.165, 1.54) is 0 Å². The van der Waals surface area contributed by atoms with Crippen LogP contribution >= 0.6 is 0 Å². The Labute approximate surface area is 101 Å². The van der Waals surface area contributed by atoms with Crippen molar-refractivity contribution in [2.24, 2.45) is 5.41 Å². The highest BCUT2D eigenvalue weighted by Crippen LogP contribution is 2.32. The van der Waals surface area contributed by atoms with E-state index >= 15 is 0 Å². The maximum absolute atomic E-state index is 11.3. The van der Waals surface area contributed by atoms with Crippen molar-refractivity contribution in [1.29, 1.82) is 0 Å². The topological polar surface area (TPSA) is 53.4 Å².